The number of unbranched alkanes of at least 4 members (excludes halogenated alkanes) is 3. The Morgan fingerprint density at radius 3 is 2.60 bits per heavy atom. The van der Waals surface area contributed by atoms with E-state index in [1.54, 1.807) is 0 Å². The predicted molar refractivity (Wildman–Crippen MR) is 51.4 cm³/mol. The summed E-state index contributed by atoms with van der Waals surface area (Å²) in [6.07, 6.45) is 7.68. The molecule has 0 bridgehead atoms. The maximum atomic E-state index is 2.25. The number of thioether (sulfide) groups is 1. The summed E-state index contributed by atoms with van der Waals surface area (Å²) in [5.41, 5.74) is 0. The van der Waals surface area contributed by atoms with Crippen molar-refractivity contribution in [3.8, 4) is 0 Å². The van der Waals surface area contributed by atoms with E-state index in [0.717, 1.165) is 0 Å². The van der Waals surface area contributed by atoms with Gasteiger partial charge in [-0.2, -0.15) is 11.8 Å². The Balaban J connectivity index is 2.65. The minimum absolute atomic E-state index is 1.27. The van der Waals surface area contributed by atoms with Gasteiger partial charge in [0.05, 0.1) is 0 Å². The van der Waals surface area contributed by atoms with Gasteiger partial charge in [-0.15, -0.1) is 0 Å². The van der Waals surface area contributed by atoms with Crippen LogP contribution in [0.3, 0.4) is 0 Å². The Morgan fingerprint density at radius 2 is 2.00 bits per heavy atom. The quantitative estimate of drug-likeness (QED) is 0.512. The van der Waals surface area contributed by atoms with E-state index in [1.165, 1.54) is 37.2 Å². The normalized spacial score (nSPS) is 10.2. The molecule has 0 aliphatic carbocycles. The first-order valence-corrected chi connectivity index (χ1v) is 5.42. The molecule has 0 rings (SSSR count). The summed E-state index contributed by atoms with van der Waals surface area (Å²) < 4.78 is 0. The molecule has 0 heterocycles. The lowest BCUT2D eigenvalue weighted by Crippen LogP contribution is -1.83. The van der Waals surface area contributed by atoms with E-state index < -0.39 is 0 Å². The smallest absolute Gasteiger partial charge is 0.00649 e. The van der Waals surface area contributed by atoms with Gasteiger partial charge in [-0.1, -0.05) is 26.7 Å². The van der Waals surface area contributed by atoms with E-state index in [4.69, 9.17) is 0 Å². The van der Waals surface area contributed by atoms with Crippen LogP contribution in [-0.2, 0) is 0 Å². The maximum absolute atomic E-state index is 2.25. The summed E-state index contributed by atoms with van der Waals surface area (Å²) in [6.45, 7) is 4.39. The van der Waals surface area contributed by atoms with Crippen LogP contribution in [0.25, 0.3) is 0 Å². The molecule has 0 aromatic rings. The highest BCUT2D eigenvalue weighted by Gasteiger charge is 1.87. The predicted octanol–water partition coefficient (Wildman–Crippen LogP) is 3.52. The van der Waals surface area contributed by atoms with Crippen molar-refractivity contribution < 1.29 is 0 Å². The van der Waals surface area contributed by atoms with Crippen LogP contribution >= 0.6 is 11.8 Å². The van der Waals surface area contributed by atoms with Crippen molar-refractivity contribution in [3.63, 3.8) is 0 Å². The molecule has 0 aromatic heterocycles. The Hall–Kier alpha value is 0.350. The van der Waals surface area contributed by atoms with Gasteiger partial charge in [-0.3, -0.25) is 0 Å². The first kappa shape index (κ1) is 10.3. The topological polar surface area (TPSA) is 0 Å². The van der Waals surface area contributed by atoms with Crippen LogP contribution in [0.4, 0.5) is 0 Å². The van der Waals surface area contributed by atoms with Crippen molar-refractivity contribution in [2.24, 2.45) is 0 Å². The molecule has 1 heteroatoms. The van der Waals surface area contributed by atoms with Crippen molar-refractivity contribution in [2.75, 3.05) is 11.5 Å². The zero-order valence-corrected chi connectivity index (χ0v) is 8.04. The molecular formula is C9H19S. The van der Waals surface area contributed by atoms with Crippen molar-refractivity contribution in [1.29, 1.82) is 0 Å². The van der Waals surface area contributed by atoms with Gasteiger partial charge in [0, 0.05) is 0 Å². The monoisotopic (exact) mass is 159 g/mol. The van der Waals surface area contributed by atoms with Gasteiger partial charge in [-0.05, 0) is 30.8 Å². The number of rotatable bonds is 7. The standard InChI is InChI=1S/C9H19S/c1-3-5-7-9-10-8-6-4-2/h4H,3,5-9H2,1-2H3. The van der Waals surface area contributed by atoms with E-state index in [1.807, 2.05) is 0 Å². The molecule has 0 atom stereocenters. The lowest BCUT2D eigenvalue weighted by Gasteiger charge is -1.97. The molecule has 0 spiro atoms. The molecular weight excluding hydrogens is 140 g/mol. The first-order valence-electron chi connectivity index (χ1n) is 4.27. The average Bonchev–Trinajstić information content (AvgIpc) is 1.97. The van der Waals surface area contributed by atoms with E-state index in [0.29, 0.717) is 0 Å². The molecule has 0 N–H and O–H groups in total. The highest BCUT2D eigenvalue weighted by Crippen LogP contribution is 2.07. The van der Waals surface area contributed by atoms with Crippen LogP contribution in [0.5, 0.6) is 0 Å². The van der Waals surface area contributed by atoms with E-state index >= 15 is 0 Å². The summed E-state index contributed by atoms with van der Waals surface area (Å²) in [5, 5.41) is 0. The molecule has 61 valence electrons. The molecule has 0 unspecified atom stereocenters. The molecule has 0 nitrogen and oxygen atoms in total. The van der Waals surface area contributed by atoms with Crippen molar-refractivity contribution in [2.45, 2.75) is 39.5 Å². The molecule has 0 aliphatic heterocycles. The zero-order chi connectivity index (χ0) is 7.66. The SMILES string of the molecule is C[CH]CCSCCCCC. The van der Waals surface area contributed by atoms with Crippen LogP contribution in [0.15, 0.2) is 0 Å². The van der Waals surface area contributed by atoms with E-state index in [9.17, 15) is 0 Å². The molecule has 1 radical (unpaired) electrons. The van der Waals surface area contributed by atoms with E-state index in [-0.39, 0.29) is 0 Å². The highest BCUT2D eigenvalue weighted by atomic mass is 32.2. The van der Waals surface area contributed by atoms with Gasteiger partial charge in [0.1, 0.15) is 0 Å². The Labute approximate surface area is 69.8 Å². The van der Waals surface area contributed by atoms with Gasteiger partial charge in [0.2, 0.25) is 0 Å². The van der Waals surface area contributed by atoms with Gasteiger partial charge < -0.3 is 0 Å². The summed E-state index contributed by atoms with van der Waals surface area (Å²) in [6, 6.07) is 0. The second-order valence-electron chi connectivity index (χ2n) is 2.52. The number of hydrogen-bond acceptors (Lipinski definition) is 1. The van der Waals surface area contributed by atoms with E-state index in [2.05, 4.69) is 32.0 Å². The second-order valence-corrected chi connectivity index (χ2v) is 3.74. The molecule has 0 saturated carbocycles. The largest absolute Gasteiger partial charge is 0.162 e. The summed E-state index contributed by atoms with van der Waals surface area (Å²) in [7, 11) is 0. The lowest BCUT2D eigenvalue weighted by molar-refractivity contribution is 0.778. The van der Waals surface area contributed by atoms with Crippen LogP contribution in [0.1, 0.15) is 39.5 Å². The summed E-state index contributed by atoms with van der Waals surface area (Å²) in [4.78, 5) is 0. The van der Waals surface area contributed by atoms with Crippen LogP contribution in [0, 0.1) is 6.42 Å². The second kappa shape index (κ2) is 9.35. The molecule has 0 fully saturated rings. The zero-order valence-electron chi connectivity index (χ0n) is 7.23. The van der Waals surface area contributed by atoms with Gasteiger partial charge in [0.15, 0.2) is 0 Å². The van der Waals surface area contributed by atoms with Crippen molar-refractivity contribution >= 4 is 11.8 Å². The number of hydrogen-bond donors (Lipinski definition) is 0. The van der Waals surface area contributed by atoms with Crippen LogP contribution in [0.2, 0.25) is 0 Å². The lowest BCUT2D eigenvalue weighted by atomic mass is 10.3. The minimum atomic E-state index is 1.27. The molecule has 0 aromatic carbocycles. The maximum Gasteiger partial charge on any atom is -0.00649 e. The molecule has 0 amide bonds. The van der Waals surface area contributed by atoms with Gasteiger partial charge in [0.25, 0.3) is 0 Å². The highest BCUT2D eigenvalue weighted by molar-refractivity contribution is 7.99. The van der Waals surface area contributed by atoms with Crippen LogP contribution < -0.4 is 0 Å². The Kier molecular flexibility index (Phi) is 9.68. The fourth-order valence-corrected chi connectivity index (χ4v) is 1.77. The molecule has 0 saturated heterocycles. The van der Waals surface area contributed by atoms with Gasteiger partial charge in [-0.25, -0.2) is 0 Å². The van der Waals surface area contributed by atoms with Gasteiger partial charge >= 0.3 is 0 Å². The fraction of sp³-hybridized carbons (Fsp3) is 0.889. The molecule has 10 heavy (non-hydrogen) atoms. The van der Waals surface area contributed by atoms with Crippen molar-refractivity contribution in [3.05, 3.63) is 6.42 Å². The minimum Gasteiger partial charge on any atom is -0.162 e. The van der Waals surface area contributed by atoms with Crippen molar-refractivity contribution in [1.82, 2.24) is 0 Å². The Bertz CT molecular complexity index is 44.7. The third kappa shape index (κ3) is 8.35. The Morgan fingerprint density at radius 1 is 1.20 bits per heavy atom. The summed E-state index contributed by atoms with van der Waals surface area (Å²) >= 11 is 2.09. The fourth-order valence-electron chi connectivity index (χ4n) is 0.757. The third-order valence-corrected chi connectivity index (χ3v) is 2.54. The first-order chi connectivity index (χ1) is 4.91. The average molecular weight is 159 g/mol. The third-order valence-electron chi connectivity index (χ3n) is 1.44. The molecule has 0 aliphatic rings. The van der Waals surface area contributed by atoms with Crippen LogP contribution in [-0.4, -0.2) is 11.5 Å². The summed E-state index contributed by atoms with van der Waals surface area (Å²) in [5.74, 6) is 2.68.